The standard InChI is InChI=1S/C16H15N3O.C5H10.C3H7NO/c1-17-16(20)12-5-3-11(4-6-12)13-7-8-15-14(9-13)18-10-19(15)2;1-2-4-5-3-1;1-2-4-3-5/h3-10H,1-2H3,(H,17,20);1-5H2;3H,2H2,1H3,(H,4,5). The van der Waals surface area contributed by atoms with Crippen LogP contribution in [0.3, 0.4) is 0 Å². The minimum Gasteiger partial charge on any atom is -0.359 e. The van der Waals surface area contributed by atoms with Gasteiger partial charge in [-0.3, -0.25) is 9.59 Å². The van der Waals surface area contributed by atoms with E-state index in [1.54, 1.807) is 7.05 Å². The first kappa shape index (κ1) is 23.1. The molecule has 6 heteroatoms. The molecule has 1 fully saturated rings. The summed E-state index contributed by atoms with van der Waals surface area (Å²) in [5.74, 6) is -0.0725. The van der Waals surface area contributed by atoms with E-state index in [1.807, 2.05) is 49.1 Å². The van der Waals surface area contributed by atoms with Crippen LogP contribution >= 0.6 is 0 Å². The van der Waals surface area contributed by atoms with E-state index < -0.39 is 0 Å². The number of aromatic nitrogens is 2. The SMILES string of the molecule is C1CCCC1.CCNC=O.CNC(=O)c1ccc(-c2ccc3c(c2)ncn3C)cc1. The molecule has 2 N–H and O–H groups in total. The van der Waals surface area contributed by atoms with E-state index in [2.05, 4.69) is 33.8 Å². The largest absolute Gasteiger partial charge is 0.359 e. The molecule has 6 nitrogen and oxygen atoms in total. The average molecular weight is 409 g/mol. The second-order valence-electron chi connectivity index (χ2n) is 7.16. The average Bonchev–Trinajstić information content (AvgIpc) is 3.48. The zero-order valence-corrected chi connectivity index (χ0v) is 18.1. The number of carbonyl (C=O) groups is 2. The van der Waals surface area contributed by atoms with Crippen molar-refractivity contribution in [1.82, 2.24) is 20.2 Å². The normalized spacial score (nSPS) is 12.2. The van der Waals surface area contributed by atoms with Crippen LogP contribution in [-0.2, 0) is 11.8 Å². The van der Waals surface area contributed by atoms with Crippen LogP contribution in [0.25, 0.3) is 22.2 Å². The molecule has 2 amide bonds. The fraction of sp³-hybridized carbons (Fsp3) is 0.375. The molecule has 0 saturated heterocycles. The molecule has 30 heavy (non-hydrogen) atoms. The number of nitrogens with zero attached hydrogens (tertiary/aromatic N) is 2. The summed E-state index contributed by atoms with van der Waals surface area (Å²) in [6, 6.07) is 13.8. The molecule has 1 aliphatic carbocycles. The number of fused-ring (bicyclic) bond motifs is 1. The van der Waals surface area contributed by atoms with E-state index in [0.29, 0.717) is 12.0 Å². The molecule has 0 radical (unpaired) electrons. The van der Waals surface area contributed by atoms with Crippen molar-refractivity contribution in [2.45, 2.75) is 39.0 Å². The maximum atomic E-state index is 11.5. The van der Waals surface area contributed by atoms with Crippen molar-refractivity contribution in [3.05, 3.63) is 54.4 Å². The molecule has 0 bridgehead atoms. The second-order valence-corrected chi connectivity index (χ2v) is 7.16. The number of aryl methyl sites for hydroxylation is 1. The van der Waals surface area contributed by atoms with Crippen LogP contribution < -0.4 is 10.6 Å². The molecule has 0 spiro atoms. The molecule has 1 aromatic heterocycles. The van der Waals surface area contributed by atoms with Gasteiger partial charge in [0.15, 0.2) is 0 Å². The van der Waals surface area contributed by atoms with Gasteiger partial charge in [0.25, 0.3) is 5.91 Å². The zero-order valence-electron chi connectivity index (χ0n) is 18.1. The third kappa shape index (κ3) is 6.72. The third-order valence-electron chi connectivity index (χ3n) is 4.97. The Bertz CT molecular complexity index is 920. The van der Waals surface area contributed by atoms with Gasteiger partial charge in [0.1, 0.15) is 0 Å². The Kier molecular flexibility index (Phi) is 9.58. The van der Waals surface area contributed by atoms with Crippen molar-refractivity contribution in [2.24, 2.45) is 7.05 Å². The summed E-state index contributed by atoms with van der Waals surface area (Å²) in [6.45, 7) is 2.60. The van der Waals surface area contributed by atoms with Gasteiger partial charge in [0.05, 0.1) is 17.4 Å². The summed E-state index contributed by atoms with van der Waals surface area (Å²) in [7, 11) is 3.61. The Labute approximate surface area is 178 Å². The highest BCUT2D eigenvalue weighted by Gasteiger charge is 2.05. The van der Waals surface area contributed by atoms with Crippen molar-refractivity contribution < 1.29 is 9.59 Å². The van der Waals surface area contributed by atoms with Crippen LogP contribution in [0.5, 0.6) is 0 Å². The number of carbonyl (C=O) groups excluding carboxylic acids is 2. The van der Waals surface area contributed by atoms with Crippen LogP contribution in [-0.4, -0.2) is 35.5 Å². The fourth-order valence-corrected chi connectivity index (χ4v) is 3.24. The third-order valence-corrected chi connectivity index (χ3v) is 4.97. The van der Waals surface area contributed by atoms with Gasteiger partial charge in [-0.15, -0.1) is 0 Å². The predicted octanol–water partition coefficient (Wildman–Crippen LogP) is 4.30. The number of rotatable bonds is 4. The van der Waals surface area contributed by atoms with E-state index in [9.17, 15) is 9.59 Å². The summed E-state index contributed by atoms with van der Waals surface area (Å²) >= 11 is 0. The monoisotopic (exact) mass is 408 g/mol. The van der Waals surface area contributed by atoms with Gasteiger partial charge in [0.2, 0.25) is 6.41 Å². The van der Waals surface area contributed by atoms with E-state index in [-0.39, 0.29) is 5.91 Å². The summed E-state index contributed by atoms with van der Waals surface area (Å²) in [5, 5.41) is 5.05. The Balaban J connectivity index is 0.000000265. The van der Waals surface area contributed by atoms with Gasteiger partial charge >= 0.3 is 0 Å². The maximum absolute atomic E-state index is 11.5. The minimum atomic E-state index is -0.0725. The molecular weight excluding hydrogens is 376 g/mol. The van der Waals surface area contributed by atoms with Crippen LogP contribution in [0.1, 0.15) is 49.4 Å². The van der Waals surface area contributed by atoms with Crippen LogP contribution in [0.15, 0.2) is 48.8 Å². The van der Waals surface area contributed by atoms with Crippen LogP contribution in [0.4, 0.5) is 0 Å². The highest BCUT2D eigenvalue weighted by Crippen LogP contribution is 2.24. The molecule has 1 saturated carbocycles. The van der Waals surface area contributed by atoms with Crippen molar-refractivity contribution in [2.75, 3.05) is 13.6 Å². The quantitative estimate of drug-likeness (QED) is 0.632. The summed E-state index contributed by atoms with van der Waals surface area (Å²) in [6.07, 6.45) is 9.99. The second kappa shape index (κ2) is 12.4. The molecule has 3 aromatic rings. The summed E-state index contributed by atoms with van der Waals surface area (Å²) in [5.41, 5.74) is 4.91. The van der Waals surface area contributed by atoms with Gasteiger partial charge in [-0.1, -0.05) is 50.3 Å². The highest BCUT2D eigenvalue weighted by molar-refractivity contribution is 5.94. The first-order valence-corrected chi connectivity index (χ1v) is 10.5. The summed E-state index contributed by atoms with van der Waals surface area (Å²) < 4.78 is 1.99. The Morgan fingerprint density at radius 2 is 1.63 bits per heavy atom. The number of imidazole rings is 1. The Morgan fingerprint density at radius 3 is 2.13 bits per heavy atom. The smallest absolute Gasteiger partial charge is 0.251 e. The lowest BCUT2D eigenvalue weighted by Gasteiger charge is -2.04. The topological polar surface area (TPSA) is 76.0 Å². The van der Waals surface area contributed by atoms with E-state index in [1.165, 1.54) is 32.1 Å². The Hall–Kier alpha value is -3.15. The van der Waals surface area contributed by atoms with Gasteiger partial charge in [-0.25, -0.2) is 4.98 Å². The number of hydrogen-bond acceptors (Lipinski definition) is 3. The van der Waals surface area contributed by atoms with Crippen LogP contribution in [0, 0.1) is 0 Å². The molecular formula is C24H32N4O2. The van der Waals surface area contributed by atoms with Crippen molar-refractivity contribution in [1.29, 1.82) is 0 Å². The molecule has 2 aromatic carbocycles. The predicted molar refractivity (Wildman–Crippen MR) is 122 cm³/mol. The van der Waals surface area contributed by atoms with E-state index >= 15 is 0 Å². The molecule has 0 aliphatic heterocycles. The Morgan fingerprint density at radius 1 is 1.03 bits per heavy atom. The van der Waals surface area contributed by atoms with Crippen LogP contribution in [0.2, 0.25) is 0 Å². The molecule has 0 atom stereocenters. The molecule has 160 valence electrons. The molecule has 1 heterocycles. The summed E-state index contributed by atoms with van der Waals surface area (Å²) in [4.78, 5) is 25.2. The maximum Gasteiger partial charge on any atom is 0.251 e. The van der Waals surface area contributed by atoms with Gasteiger partial charge < -0.3 is 15.2 Å². The highest BCUT2D eigenvalue weighted by atomic mass is 16.1. The first-order valence-electron chi connectivity index (χ1n) is 10.5. The number of amides is 2. The lowest BCUT2D eigenvalue weighted by Crippen LogP contribution is -2.17. The lowest BCUT2D eigenvalue weighted by molar-refractivity contribution is -0.109. The number of nitrogens with one attached hydrogen (secondary N) is 2. The van der Waals surface area contributed by atoms with Gasteiger partial charge in [0, 0.05) is 26.2 Å². The van der Waals surface area contributed by atoms with Crippen molar-refractivity contribution in [3.8, 4) is 11.1 Å². The number of hydrogen-bond donors (Lipinski definition) is 2. The van der Waals surface area contributed by atoms with Gasteiger partial charge in [-0.05, 0) is 42.3 Å². The number of benzene rings is 2. The van der Waals surface area contributed by atoms with E-state index in [0.717, 1.165) is 28.7 Å². The van der Waals surface area contributed by atoms with E-state index in [4.69, 9.17) is 0 Å². The fourth-order valence-electron chi connectivity index (χ4n) is 3.24. The molecule has 1 aliphatic rings. The minimum absolute atomic E-state index is 0.0725. The zero-order chi connectivity index (χ0) is 21.8. The molecule has 4 rings (SSSR count). The first-order chi connectivity index (χ1) is 14.6. The lowest BCUT2D eigenvalue weighted by atomic mass is 10.0. The van der Waals surface area contributed by atoms with Crippen molar-refractivity contribution in [3.63, 3.8) is 0 Å². The molecule has 0 unspecified atom stereocenters. The van der Waals surface area contributed by atoms with Gasteiger partial charge in [-0.2, -0.15) is 0 Å². The van der Waals surface area contributed by atoms with Crippen molar-refractivity contribution >= 4 is 23.4 Å².